The van der Waals surface area contributed by atoms with Crippen LogP contribution in [0.4, 0.5) is 5.69 Å². The molecular weight excluding hydrogens is 288 g/mol. The molecule has 0 aromatic heterocycles. The number of anilines is 1. The number of rotatable bonds is 5. The first-order chi connectivity index (χ1) is 7.95. The van der Waals surface area contributed by atoms with Gasteiger partial charge in [-0.05, 0) is 12.1 Å². The fourth-order valence-electron chi connectivity index (χ4n) is 1.15. The maximum Gasteiger partial charge on any atom is 0.337 e. The monoisotopic (exact) mass is 297 g/mol. The van der Waals surface area contributed by atoms with Crippen molar-refractivity contribution in [1.82, 2.24) is 0 Å². The largest absolute Gasteiger partial charge is 0.478 e. The van der Waals surface area contributed by atoms with E-state index >= 15 is 0 Å². The number of hydrogen-bond donors (Lipinski definition) is 3. The Balaban J connectivity index is 2.96. The van der Waals surface area contributed by atoms with Crippen LogP contribution in [0.2, 0.25) is 10.0 Å². The minimum absolute atomic E-state index is 0.0128. The third-order valence-electron chi connectivity index (χ3n) is 2.00. The molecule has 94 valence electrons. The first-order valence-electron chi connectivity index (χ1n) is 4.66. The van der Waals surface area contributed by atoms with Crippen molar-refractivity contribution in [3.63, 3.8) is 0 Å². The quantitative estimate of drug-likeness (QED) is 0.731. The number of aliphatic hydroxyl groups excluding tert-OH is 1. The number of carboxylic acid groups (broad SMARTS) is 1. The average Bonchev–Trinajstić information content (AvgIpc) is 2.29. The van der Waals surface area contributed by atoms with Gasteiger partial charge in [-0.15, -0.1) is 11.6 Å². The lowest BCUT2D eigenvalue weighted by Gasteiger charge is -2.13. The van der Waals surface area contributed by atoms with Crippen molar-refractivity contribution in [2.45, 2.75) is 6.10 Å². The van der Waals surface area contributed by atoms with Gasteiger partial charge in [0.05, 0.1) is 33.3 Å². The zero-order chi connectivity index (χ0) is 13.0. The zero-order valence-electron chi connectivity index (χ0n) is 8.58. The molecule has 0 aliphatic rings. The van der Waals surface area contributed by atoms with Crippen molar-refractivity contribution in [2.75, 3.05) is 17.7 Å². The topological polar surface area (TPSA) is 69.6 Å². The lowest BCUT2D eigenvalue weighted by Crippen LogP contribution is -2.21. The van der Waals surface area contributed by atoms with Crippen molar-refractivity contribution >= 4 is 46.5 Å². The van der Waals surface area contributed by atoms with Crippen LogP contribution in [0, 0.1) is 0 Å². The van der Waals surface area contributed by atoms with Crippen molar-refractivity contribution < 1.29 is 15.0 Å². The molecule has 0 spiro atoms. The van der Waals surface area contributed by atoms with Crippen molar-refractivity contribution in [3.05, 3.63) is 27.7 Å². The highest BCUT2D eigenvalue weighted by atomic mass is 35.5. The molecule has 1 aromatic rings. The Morgan fingerprint density at radius 1 is 1.35 bits per heavy atom. The summed E-state index contributed by atoms with van der Waals surface area (Å²) >= 11 is 16.9. The summed E-state index contributed by atoms with van der Waals surface area (Å²) < 4.78 is 0. The molecule has 0 fully saturated rings. The number of nitrogens with one attached hydrogen (secondary N) is 1. The van der Waals surface area contributed by atoms with Gasteiger partial charge in [-0.1, -0.05) is 23.2 Å². The summed E-state index contributed by atoms with van der Waals surface area (Å²) in [6.45, 7) is 0.127. The fraction of sp³-hybridized carbons (Fsp3) is 0.300. The minimum atomic E-state index is -1.13. The fourth-order valence-corrected chi connectivity index (χ4v) is 1.59. The van der Waals surface area contributed by atoms with E-state index in [4.69, 9.17) is 39.9 Å². The van der Waals surface area contributed by atoms with Crippen LogP contribution in [0.25, 0.3) is 0 Å². The second kappa shape index (κ2) is 6.31. The third-order valence-corrected chi connectivity index (χ3v) is 3.08. The van der Waals surface area contributed by atoms with Gasteiger partial charge < -0.3 is 15.5 Å². The Bertz CT molecular complexity index is 426. The molecule has 0 aliphatic carbocycles. The van der Waals surface area contributed by atoms with Gasteiger partial charge in [0.2, 0.25) is 0 Å². The van der Waals surface area contributed by atoms with Crippen LogP contribution in [0.5, 0.6) is 0 Å². The normalized spacial score (nSPS) is 12.2. The van der Waals surface area contributed by atoms with Gasteiger partial charge >= 0.3 is 5.97 Å². The predicted octanol–water partition coefficient (Wildman–Crippen LogP) is 2.70. The highest BCUT2D eigenvalue weighted by molar-refractivity contribution is 6.42. The van der Waals surface area contributed by atoms with Crippen molar-refractivity contribution in [2.24, 2.45) is 0 Å². The summed E-state index contributed by atoms with van der Waals surface area (Å²) in [5.74, 6) is -1.08. The van der Waals surface area contributed by atoms with Crippen LogP contribution >= 0.6 is 34.8 Å². The average molecular weight is 299 g/mol. The van der Waals surface area contributed by atoms with Crippen LogP contribution in [0.3, 0.4) is 0 Å². The number of halogens is 3. The molecule has 0 saturated carbocycles. The van der Waals surface area contributed by atoms with Crippen LogP contribution in [0.15, 0.2) is 12.1 Å². The maximum absolute atomic E-state index is 11.0. The summed E-state index contributed by atoms with van der Waals surface area (Å²) in [5, 5.41) is 21.4. The van der Waals surface area contributed by atoms with E-state index in [0.29, 0.717) is 0 Å². The van der Waals surface area contributed by atoms with E-state index in [2.05, 4.69) is 5.32 Å². The van der Waals surface area contributed by atoms with Crippen LogP contribution < -0.4 is 5.32 Å². The second-order valence-electron chi connectivity index (χ2n) is 3.31. The molecular formula is C10H10Cl3NO3. The molecule has 3 N–H and O–H groups in total. The summed E-state index contributed by atoms with van der Waals surface area (Å²) in [7, 11) is 0. The SMILES string of the molecule is O=C(O)c1cc(Cl)c(Cl)cc1NCC(O)CCl. The van der Waals surface area contributed by atoms with E-state index in [1.54, 1.807) is 0 Å². The molecule has 7 heteroatoms. The molecule has 0 radical (unpaired) electrons. The molecule has 1 rings (SSSR count). The number of alkyl halides is 1. The number of carbonyl (C=O) groups is 1. The van der Waals surface area contributed by atoms with Gasteiger partial charge in [0.25, 0.3) is 0 Å². The van der Waals surface area contributed by atoms with Crippen molar-refractivity contribution in [1.29, 1.82) is 0 Å². The van der Waals surface area contributed by atoms with Gasteiger partial charge in [0.15, 0.2) is 0 Å². The summed E-state index contributed by atoms with van der Waals surface area (Å²) in [6, 6.07) is 2.65. The van der Waals surface area contributed by atoms with E-state index in [9.17, 15) is 9.90 Å². The Hall–Kier alpha value is -0.680. The van der Waals surface area contributed by atoms with E-state index in [1.807, 2.05) is 0 Å². The lowest BCUT2D eigenvalue weighted by atomic mass is 10.1. The Kier molecular flexibility index (Phi) is 5.33. The second-order valence-corrected chi connectivity index (χ2v) is 4.43. The van der Waals surface area contributed by atoms with E-state index < -0.39 is 12.1 Å². The lowest BCUT2D eigenvalue weighted by molar-refractivity contribution is 0.0697. The first-order valence-corrected chi connectivity index (χ1v) is 5.95. The van der Waals surface area contributed by atoms with Crippen LogP contribution in [-0.4, -0.2) is 34.7 Å². The molecule has 1 aromatic carbocycles. The van der Waals surface area contributed by atoms with Gasteiger partial charge in [0, 0.05) is 6.54 Å². The third kappa shape index (κ3) is 3.92. The minimum Gasteiger partial charge on any atom is -0.478 e. The summed E-state index contributed by atoms with van der Waals surface area (Å²) in [6.07, 6.45) is -0.771. The van der Waals surface area contributed by atoms with Gasteiger partial charge in [0.1, 0.15) is 0 Å². The predicted molar refractivity (Wildman–Crippen MR) is 68.6 cm³/mol. The first kappa shape index (κ1) is 14.4. The molecule has 0 heterocycles. The number of aliphatic hydroxyl groups is 1. The zero-order valence-corrected chi connectivity index (χ0v) is 10.9. The molecule has 0 bridgehead atoms. The van der Waals surface area contributed by atoms with Crippen LogP contribution in [0.1, 0.15) is 10.4 Å². The van der Waals surface area contributed by atoms with Crippen LogP contribution in [-0.2, 0) is 0 Å². The number of aromatic carboxylic acids is 1. The molecule has 1 unspecified atom stereocenters. The standard InChI is InChI=1S/C10H10Cl3NO3/c11-3-5(15)4-14-9-2-8(13)7(12)1-6(9)10(16)17/h1-2,5,14-15H,3-4H2,(H,16,17). The van der Waals surface area contributed by atoms with Gasteiger partial charge in [-0.25, -0.2) is 4.79 Å². The number of benzene rings is 1. The Labute approximate surface area is 113 Å². The van der Waals surface area contributed by atoms with E-state index in [-0.39, 0.29) is 33.7 Å². The number of hydrogen-bond acceptors (Lipinski definition) is 3. The molecule has 1 atom stereocenters. The highest BCUT2D eigenvalue weighted by Crippen LogP contribution is 2.29. The van der Waals surface area contributed by atoms with Gasteiger partial charge in [-0.3, -0.25) is 0 Å². The highest BCUT2D eigenvalue weighted by Gasteiger charge is 2.14. The molecule has 4 nitrogen and oxygen atoms in total. The molecule has 17 heavy (non-hydrogen) atoms. The maximum atomic E-state index is 11.0. The Morgan fingerprint density at radius 2 is 1.94 bits per heavy atom. The molecule has 0 aliphatic heterocycles. The summed E-state index contributed by atoms with van der Waals surface area (Å²) in [4.78, 5) is 11.0. The van der Waals surface area contributed by atoms with E-state index in [0.717, 1.165) is 0 Å². The number of carboxylic acids is 1. The smallest absolute Gasteiger partial charge is 0.337 e. The Morgan fingerprint density at radius 3 is 2.47 bits per heavy atom. The van der Waals surface area contributed by atoms with Crippen molar-refractivity contribution in [3.8, 4) is 0 Å². The molecule has 0 saturated heterocycles. The van der Waals surface area contributed by atoms with E-state index in [1.165, 1.54) is 12.1 Å². The van der Waals surface area contributed by atoms with Gasteiger partial charge in [-0.2, -0.15) is 0 Å². The molecule has 0 amide bonds. The summed E-state index contributed by atoms with van der Waals surface area (Å²) in [5.41, 5.74) is 0.275.